The molecular formula is C25H30O4Si. The molecule has 0 aliphatic heterocycles. The van der Waals surface area contributed by atoms with E-state index in [-0.39, 0.29) is 23.8 Å². The van der Waals surface area contributed by atoms with E-state index in [1.54, 1.807) is 0 Å². The highest BCUT2D eigenvalue weighted by atomic mass is 28.4. The highest BCUT2D eigenvalue weighted by Gasteiger charge is 2.51. The molecule has 0 radical (unpaired) electrons. The van der Waals surface area contributed by atoms with E-state index in [0.717, 1.165) is 16.7 Å². The number of esters is 1. The van der Waals surface area contributed by atoms with Gasteiger partial charge in [-0.2, -0.15) is 0 Å². The normalized spacial score (nSPS) is 12.4. The molecule has 0 aliphatic rings. The Morgan fingerprint density at radius 1 is 1.00 bits per heavy atom. The number of carbonyl (C=O) groups is 2. The molecule has 2 rings (SSSR count). The SMILES string of the molecule is COC(=O)CCC#CC[C@H](C=O)O[Si](c1ccccc1)(c1ccccc1)C(C)(C)C. The lowest BCUT2D eigenvalue weighted by Gasteiger charge is -2.44. The van der Waals surface area contributed by atoms with E-state index in [1.807, 2.05) is 36.4 Å². The minimum absolute atomic E-state index is 0.213. The van der Waals surface area contributed by atoms with Crippen molar-refractivity contribution in [2.45, 2.75) is 51.2 Å². The minimum atomic E-state index is -2.80. The molecule has 0 heterocycles. The number of hydrogen-bond donors (Lipinski definition) is 0. The van der Waals surface area contributed by atoms with Crippen LogP contribution in [0.2, 0.25) is 5.04 Å². The van der Waals surface area contributed by atoms with Crippen molar-refractivity contribution >= 4 is 30.9 Å². The van der Waals surface area contributed by atoms with Crippen LogP contribution in [0.15, 0.2) is 60.7 Å². The molecule has 0 amide bonds. The maximum Gasteiger partial charge on any atom is 0.306 e. The van der Waals surface area contributed by atoms with Crippen molar-refractivity contribution in [2.75, 3.05) is 7.11 Å². The summed E-state index contributed by atoms with van der Waals surface area (Å²) in [7, 11) is -1.44. The van der Waals surface area contributed by atoms with Gasteiger partial charge in [-0.3, -0.25) is 4.79 Å². The molecule has 5 heteroatoms. The average Bonchev–Trinajstić information content (AvgIpc) is 2.75. The maximum atomic E-state index is 11.9. The lowest BCUT2D eigenvalue weighted by atomic mass is 10.2. The molecular weight excluding hydrogens is 392 g/mol. The average molecular weight is 423 g/mol. The van der Waals surface area contributed by atoms with Crippen molar-refractivity contribution in [3.8, 4) is 11.8 Å². The summed E-state index contributed by atoms with van der Waals surface area (Å²) in [5, 5.41) is 2.03. The highest BCUT2D eigenvalue weighted by molar-refractivity contribution is 6.99. The van der Waals surface area contributed by atoms with Crippen LogP contribution < -0.4 is 10.4 Å². The van der Waals surface area contributed by atoms with Gasteiger partial charge in [-0.25, -0.2) is 0 Å². The second-order valence-corrected chi connectivity index (χ2v) is 12.3. The monoisotopic (exact) mass is 422 g/mol. The Labute approximate surface area is 180 Å². The number of carbonyl (C=O) groups excluding carboxylic acids is 2. The first-order valence-electron chi connectivity index (χ1n) is 10.1. The summed E-state index contributed by atoms with van der Waals surface area (Å²) in [5.74, 6) is 5.65. The van der Waals surface area contributed by atoms with E-state index < -0.39 is 14.4 Å². The Balaban J connectivity index is 2.38. The maximum absolute atomic E-state index is 11.9. The predicted molar refractivity (Wildman–Crippen MR) is 122 cm³/mol. The summed E-state index contributed by atoms with van der Waals surface area (Å²) in [6.07, 6.45) is 1.12. The predicted octanol–water partition coefficient (Wildman–Crippen LogP) is 3.48. The molecule has 158 valence electrons. The van der Waals surface area contributed by atoms with Gasteiger partial charge in [-0.15, -0.1) is 11.8 Å². The summed E-state index contributed by atoms with van der Waals surface area (Å²) in [6.45, 7) is 6.51. The number of hydrogen-bond acceptors (Lipinski definition) is 4. The van der Waals surface area contributed by atoms with Crippen LogP contribution in [0.5, 0.6) is 0 Å². The van der Waals surface area contributed by atoms with Gasteiger partial charge in [0, 0.05) is 12.8 Å². The Morgan fingerprint density at radius 2 is 1.53 bits per heavy atom. The van der Waals surface area contributed by atoms with Gasteiger partial charge in [0.25, 0.3) is 8.32 Å². The number of benzene rings is 2. The molecule has 4 nitrogen and oxygen atoms in total. The topological polar surface area (TPSA) is 52.6 Å². The van der Waals surface area contributed by atoms with Gasteiger partial charge in [0.2, 0.25) is 0 Å². The van der Waals surface area contributed by atoms with Gasteiger partial charge in [0.15, 0.2) is 0 Å². The third-order valence-corrected chi connectivity index (χ3v) is 10.1. The quantitative estimate of drug-likeness (QED) is 0.283. The molecule has 2 aromatic rings. The molecule has 0 spiro atoms. The first-order valence-corrected chi connectivity index (χ1v) is 12.0. The molecule has 0 unspecified atom stereocenters. The molecule has 0 fully saturated rings. The van der Waals surface area contributed by atoms with E-state index in [9.17, 15) is 9.59 Å². The Hall–Kier alpha value is -2.68. The van der Waals surface area contributed by atoms with Crippen molar-refractivity contribution < 1.29 is 18.8 Å². The van der Waals surface area contributed by atoms with E-state index in [2.05, 4.69) is 61.6 Å². The van der Waals surface area contributed by atoms with Gasteiger partial charge in [0.05, 0.1) is 13.5 Å². The summed E-state index contributed by atoms with van der Waals surface area (Å²) in [6, 6.07) is 20.4. The molecule has 0 N–H and O–H groups in total. The smallest absolute Gasteiger partial charge is 0.306 e. The van der Waals surface area contributed by atoms with E-state index >= 15 is 0 Å². The second kappa shape index (κ2) is 10.9. The lowest BCUT2D eigenvalue weighted by Crippen LogP contribution is -2.67. The van der Waals surface area contributed by atoms with Crippen LogP contribution in [0, 0.1) is 11.8 Å². The number of rotatable bonds is 8. The van der Waals surface area contributed by atoms with Crippen molar-refractivity contribution in [3.63, 3.8) is 0 Å². The van der Waals surface area contributed by atoms with Crippen molar-refractivity contribution in [1.29, 1.82) is 0 Å². The van der Waals surface area contributed by atoms with Crippen LogP contribution in [-0.2, 0) is 18.8 Å². The fraction of sp³-hybridized carbons (Fsp3) is 0.360. The van der Waals surface area contributed by atoms with Crippen LogP contribution in [0.1, 0.15) is 40.0 Å². The van der Waals surface area contributed by atoms with Crippen LogP contribution in [0.3, 0.4) is 0 Å². The number of methoxy groups -OCH3 is 1. The Morgan fingerprint density at radius 3 is 1.97 bits per heavy atom. The first kappa shape index (κ1) is 23.6. The van der Waals surface area contributed by atoms with Crippen molar-refractivity contribution in [1.82, 2.24) is 0 Å². The highest BCUT2D eigenvalue weighted by Crippen LogP contribution is 2.37. The first-order chi connectivity index (χ1) is 14.3. The number of ether oxygens (including phenoxy) is 1. The Kier molecular flexibility index (Phi) is 8.58. The van der Waals surface area contributed by atoms with Crippen LogP contribution >= 0.6 is 0 Å². The van der Waals surface area contributed by atoms with E-state index in [4.69, 9.17) is 4.43 Å². The fourth-order valence-corrected chi connectivity index (χ4v) is 8.17. The molecule has 1 atom stereocenters. The molecule has 0 aliphatic carbocycles. The Bertz CT molecular complexity index is 837. The molecule has 0 saturated carbocycles. The largest absolute Gasteiger partial charge is 0.469 e. The van der Waals surface area contributed by atoms with E-state index in [1.165, 1.54) is 7.11 Å². The minimum Gasteiger partial charge on any atom is -0.469 e. The zero-order valence-electron chi connectivity index (χ0n) is 18.2. The van der Waals surface area contributed by atoms with Gasteiger partial charge in [-0.1, -0.05) is 81.4 Å². The molecule has 30 heavy (non-hydrogen) atoms. The molecule has 0 saturated heterocycles. The standard InChI is InChI=1S/C25H30O4Si/c1-25(2,3)30(22-15-9-6-10-16-22,23-17-11-7-12-18-23)29-21(20-26)14-8-5-13-19-24(27)28-4/h6-7,9-12,15-18,20-21H,13-14,19H2,1-4H3/t21-/m1/s1. The third kappa shape index (κ3) is 5.68. The van der Waals surface area contributed by atoms with Gasteiger partial charge < -0.3 is 14.0 Å². The number of aldehydes is 1. The van der Waals surface area contributed by atoms with Crippen molar-refractivity contribution in [2.24, 2.45) is 0 Å². The lowest BCUT2D eigenvalue weighted by molar-refractivity contribution is -0.140. The van der Waals surface area contributed by atoms with Crippen LogP contribution in [0.4, 0.5) is 0 Å². The molecule has 2 aromatic carbocycles. The molecule has 0 bridgehead atoms. The van der Waals surface area contributed by atoms with Crippen molar-refractivity contribution in [3.05, 3.63) is 60.7 Å². The molecule has 0 aromatic heterocycles. The fourth-order valence-electron chi connectivity index (χ4n) is 3.56. The summed E-state index contributed by atoms with van der Waals surface area (Å²) in [5.41, 5.74) is 0. The zero-order chi connectivity index (χ0) is 22.0. The van der Waals surface area contributed by atoms with Crippen LogP contribution in [0.25, 0.3) is 0 Å². The third-order valence-electron chi connectivity index (χ3n) is 5.01. The van der Waals surface area contributed by atoms with Gasteiger partial charge >= 0.3 is 5.97 Å². The summed E-state index contributed by atoms with van der Waals surface area (Å²) >= 11 is 0. The summed E-state index contributed by atoms with van der Waals surface area (Å²) in [4.78, 5) is 23.2. The summed E-state index contributed by atoms with van der Waals surface area (Å²) < 4.78 is 11.4. The second-order valence-electron chi connectivity index (χ2n) is 8.09. The van der Waals surface area contributed by atoms with Gasteiger partial charge in [-0.05, 0) is 15.4 Å². The van der Waals surface area contributed by atoms with Gasteiger partial charge in [0.1, 0.15) is 12.4 Å². The van der Waals surface area contributed by atoms with Crippen LogP contribution in [-0.4, -0.2) is 33.8 Å². The zero-order valence-corrected chi connectivity index (χ0v) is 19.2. The van der Waals surface area contributed by atoms with E-state index in [0.29, 0.717) is 6.42 Å².